The van der Waals surface area contributed by atoms with Gasteiger partial charge >= 0.3 is 0 Å². The predicted octanol–water partition coefficient (Wildman–Crippen LogP) is 3.25. The van der Waals surface area contributed by atoms with Crippen molar-refractivity contribution in [1.29, 1.82) is 0 Å². The first-order chi connectivity index (χ1) is 7.84. The molecule has 17 heavy (non-hydrogen) atoms. The fraction of sp³-hybridized carbons (Fsp3) is 0.583. The van der Waals surface area contributed by atoms with Gasteiger partial charge in [-0.25, -0.2) is 0 Å². The standard InChI is InChI=1S/C12H18ClNO2S/c1-12(2,3)11(15)14-7-8(16-4)9-5-6-10(13)17-9/h5-6,8H,7H2,1-4H3,(H,14,15)/t8-/m0/s1. The molecule has 0 fully saturated rings. The van der Waals surface area contributed by atoms with Crippen molar-refractivity contribution >= 4 is 28.8 Å². The van der Waals surface area contributed by atoms with E-state index in [4.69, 9.17) is 16.3 Å². The van der Waals surface area contributed by atoms with Crippen LogP contribution in [-0.4, -0.2) is 19.6 Å². The van der Waals surface area contributed by atoms with Crippen LogP contribution >= 0.6 is 22.9 Å². The van der Waals surface area contributed by atoms with Crippen molar-refractivity contribution in [2.75, 3.05) is 13.7 Å². The molecule has 0 spiro atoms. The number of rotatable bonds is 4. The number of methoxy groups -OCH3 is 1. The topological polar surface area (TPSA) is 38.3 Å². The van der Waals surface area contributed by atoms with E-state index in [2.05, 4.69) is 5.32 Å². The van der Waals surface area contributed by atoms with Crippen LogP contribution in [0.25, 0.3) is 0 Å². The van der Waals surface area contributed by atoms with E-state index in [1.807, 2.05) is 32.9 Å². The van der Waals surface area contributed by atoms with Gasteiger partial charge in [-0.05, 0) is 12.1 Å². The lowest BCUT2D eigenvalue weighted by Gasteiger charge is -2.20. The van der Waals surface area contributed by atoms with Gasteiger partial charge in [-0.15, -0.1) is 11.3 Å². The van der Waals surface area contributed by atoms with Crippen molar-refractivity contribution in [2.45, 2.75) is 26.9 Å². The van der Waals surface area contributed by atoms with Crippen LogP contribution < -0.4 is 5.32 Å². The summed E-state index contributed by atoms with van der Waals surface area (Å²) in [7, 11) is 1.63. The van der Waals surface area contributed by atoms with Crippen molar-refractivity contribution in [3.05, 3.63) is 21.3 Å². The normalized spacial score (nSPS) is 13.5. The number of hydrogen-bond acceptors (Lipinski definition) is 3. The van der Waals surface area contributed by atoms with Crippen LogP contribution in [0.2, 0.25) is 4.34 Å². The van der Waals surface area contributed by atoms with Gasteiger partial charge in [0.1, 0.15) is 6.10 Å². The van der Waals surface area contributed by atoms with E-state index < -0.39 is 0 Å². The molecule has 1 atom stereocenters. The summed E-state index contributed by atoms with van der Waals surface area (Å²) in [6, 6.07) is 3.75. The molecule has 0 aliphatic rings. The average molecular weight is 276 g/mol. The third-order valence-corrected chi connectivity index (χ3v) is 3.65. The molecule has 1 N–H and O–H groups in total. The second kappa shape index (κ2) is 5.85. The minimum atomic E-state index is -0.384. The monoisotopic (exact) mass is 275 g/mol. The van der Waals surface area contributed by atoms with Crippen LogP contribution in [0.3, 0.4) is 0 Å². The molecule has 3 nitrogen and oxygen atoms in total. The van der Waals surface area contributed by atoms with Crippen LogP contribution in [0.5, 0.6) is 0 Å². The third kappa shape index (κ3) is 4.30. The average Bonchev–Trinajstić information content (AvgIpc) is 2.64. The number of ether oxygens (including phenoxy) is 1. The van der Waals surface area contributed by atoms with E-state index in [0.29, 0.717) is 6.54 Å². The largest absolute Gasteiger partial charge is 0.374 e. The first-order valence-corrected chi connectivity index (χ1v) is 6.60. The van der Waals surface area contributed by atoms with Crippen molar-refractivity contribution in [3.63, 3.8) is 0 Å². The van der Waals surface area contributed by atoms with Gasteiger partial charge in [0, 0.05) is 23.9 Å². The second-order valence-corrected chi connectivity index (χ2v) is 6.57. The minimum Gasteiger partial charge on any atom is -0.374 e. The number of nitrogens with one attached hydrogen (secondary N) is 1. The molecule has 0 aromatic carbocycles. The fourth-order valence-corrected chi connectivity index (χ4v) is 2.39. The number of carbonyl (C=O) groups excluding carboxylic acids is 1. The van der Waals surface area contributed by atoms with E-state index in [1.54, 1.807) is 7.11 Å². The Labute approximate surface area is 111 Å². The van der Waals surface area contributed by atoms with Crippen LogP contribution in [-0.2, 0) is 9.53 Å². The van der Waals surface area contributed by atoms with E-state index >= 15 is 0 Å². The Bertz CT molecular complexity index is 384. The molecule has 0 saturated carbocycles. The predicted molar refractivity (Wildman–Crippen MR) is 71.5 cm³/mol. The SMILES string of the molecule is CO[C@@H](CNC(=O)C(C)(C)C)c1ccc(Cl)s1. The Morgan fingerprint density at radius 3 is 2.59 bits per heavy atom. The van der Waals surface area contributed by atoms with Gasteiger partial charge in [0.25, 0.3) is 0 Å². The molecule has 0 saturated heterocycles. The maximum Gasteiger partial charge on any atom is 0.225 e. The van der Waals surface area contributed by atoms with E-state index in [-0.39, 0.29) is 17.4 Å². The summed E-state index contributed by atoms with van der Waals surface area (Å²) in [5.41, 5.74) is -0.384. The summed E-state index contributed by atoms with van der Waals surface area (Å²) in [5.74, 6) is 0.0159. The zero-order valence-electron chi connectivity index (χ0n) is 10.5. The molecule has 1 heterocycles. The first-order valence-electron chi connectivity index (χ1n) is 5.41. The highest BCUT2D eigenvalue weighted by molar-refractivity contribution is 7.16. The van der Waals surface area contributed by atoms with Gasteiger partial charge in [-0.1, -0.05) is 32.4 Å². The van der Waals surface area contributed by atoms with E-state index in [1.165, 1.54) is 11.3 Å². The van der Waals surface area contributed by atoms with Gasteiger partial charge in [0.2, 0.25) is 5.91 Å². The van der Waals surface area contributed by atoms with E-state index in [0.717, 1.165) is 9.21 Å². The summed E-state index contributed by atoms with van der Waals surface area (Å²) < 4.78 is 6.08. The Morgan fingerprint density at radius 1 is 1.53 bits per heavy atom. The van der Waals surface area contributed by atoms with Gasteiger partial charge in [-0.2, -0.15) is 0 Å². The zero-order chi connectivity index (χ0) is 13.1. The summed E-state index contributed by atoms with van der Waals surface area (Å²) >= 11 is 7.34. The summed E-state index contributed by atoms with van der Waals surface area (Å²) in [6.45, 7) is 6.11. The number of thiophene rings is 1. The quantitative estimate of drug-likeness (QED) is 0.916. The molecular formula is C12H18ClNO2S. The lowest BCUT2D eigenvalue weighted by molar-refractivity contribution is -0.129. The molecule has 0 unspecified atom stereocenters. The molecule has 96 valence electrons. The number of halogens is 1. The van der Waals surface area contributed by atoms with Crippen molar-refractivity contribution in [1.82, 2.24) is 5.32 Å². The summed E-state index contributed by atoms with van der Waals surface area (Å²) in [4.78, 5) is 12.8. The number of amides is 1. The van der Waals surface area contributed by atoms with Crippen LogP contribution in [0.15, 0.2) is 12.1 Å². The lowest BCUT2D eigenvalue weighted by Crippen LogP contribution is -2.37. The van der Waals surface area contributed by atoms with E-state index in [9.17, 15) is 4.79 Å². The number of hydrogen-bond donors (Lipinski definition) is 1. The zero-order valence-corrected chi connectivity index (χ0v) is 12.1. The van der Waals surface area contributed by atoms with Crippen LogP contribution in [0, 0.1) is 5.41 Å². The van der Waals surface area contributed by atoms with Gasteiger partial charge in [0.15, 0.2) is 0 Å². The molecule has 1 rings (SSSR count). The Kier molecular flexibility index (Phi) is 4.98. The lowest BCUT2D eigenvalue weighted by atomic mass is 9.96. The molecule has 1 aromatic heterocycles. The molecule has 1 amide bonds. The second-order valence-electron chi connectivity index (χ2n) is 4.83. The minimum absolute atomic E-state index is 0.0159. The van der Waals surface area contributed by atoms with Crippen molar-refractivity contribution in [2.24, 2.45) is 5.41 Å². The fourth-order valence-electron chi connectivity index (χ4n) is 1.25. The summed E-state index contributed by atoms with van der Waals surface area (Å²) in [6.07, 6.45) is -0.140. The first kappa shape index (κ1) is 14.5. The molecule has 0 bridgehead atoms. The molecule has 0 aliphatic heterocycles. The van der Waals surface area contributed by atoms with Crippen molar-refractivity contribution < 1.29 is 9.53 Å². The Balaban J connectivity index is 2.57. The summed E-state index contributed by atoms with van der Waals surface area (Å²) in [5, 5.41) is 2.88. The Morgan fingerprint density at radius 2 is 2.18 bits per heavy atom. The maximum absolute atomic E-state index is 11.7. The highest BCUT2D eigenvalue weighted by atomic mass is 35.5. The van der Waals surface area contributed by atoms with Crippen LogP contribution in [0.4, 0.5) is 0 Å². The number of carbonyl (C=O) groups is 1. The smallest absolute Gasteiger partial charge is 0.225 e. The highest BCUT2D eigenvalue weighted by Gasteiger charge is 2.22. The van der Waals surface area contributed by atoms with Gasteiger partial charge in [-0.3, -0.25) is 4.79 Å². The molecule has 5 heteroatoms. The van der Waals surface area contributed by atoms with Gasteiger partial charge < -0.3 is 10.1 Å². The third-order valence-electron chi connectivity index (χ3n) is 2.33. The molecular weight excluding hydrogens is 258 g/mol. The van der Waals surface area contributed by atoms with Crippen LogP contribution in [0.1, 0.15) is 31.8 Å². The van der Waals surface area contributed by atoms with Crippen molar-refractivity contribution in [3.8, 4) is 0 Å². The highest BCUT2D eigenvalue weighted by Crippen LogP contribution is 2.28. The van der Waals surface area contributed by atoms with Gasteiger partial charge in [0.05, 0.1) is 4.34 Å². The molecule has 0 radical (unpaired) electrons. The maximum atomic E-state index is 11.7. The molecule has 1 aromatic rings. The Hall–Kier alpha value is -0.580. The molecule has 0 aliphatic carbocycles.